The second kappa shape index (κ2) is 6.61. The van der Waals surface area contributed by atoms with Gasteiger partial charge in [-0.15, -0.1) is 10.2 Å². The first-order valence-electron chi connectivity index (χ1n) is 6.97. The van der Waals surface area contributed by atoms with Gasteiger partial charge in [0.2, 0.25) is 11.0 Å². The van der Waals surface area contributed by atoms with Crippen molar-refractivity contribution < 1.29 is 9.59 Å². The number of urea groups is 1. The molecule has 3 atom stereocenters. The molecule has 7 nitrogen and oxygen atoms in total. The number of thioether (sulfide) groups is 1. The van der Waals surface area contributed by atoms with Crippen molar-refractivity contribution in [1.82, 2.24) is 20.8 Å². The monoisotopic (exact) mass is 327 g/mol. The Morgan fingerprint density at radius 3 is 3.14 bits per heavy atom. The molecule has 9 heteroatoms. The molecule has 3 N–H and O–H groups in total. The van der Waals surface area contributed by atoms with Gasteiger partial charge in [0.15, 0.2) is 0 Å². The van der Waals surface area contributed by atoms with Crippen LogP contribution in [0.4, 0.5) is 9.93 Å². The highest BCUT2D eigenvalue weighted by Crippen LogP contribution is 2.33. The molecule has 2 aliphatic heterocycles. The van der Waals surface area contributed by atoms with Crippen LogP contribution in [0.15, 0.2) is 5.51 Å². The van der Waals surface area contributed by atoms with E-state index in [1.807, 2.05) is 11.8 Å². The Hall–Kier alpha value is -1.35. The van der Waals surface area contributed by atoms with Gasteiger partial charge in [-0.2, -0.15) is 11.8 Å². The van der Waals surface area contributed by atoms with Crippen LogP contribution in [0.3, 0.4) is 0 Å². The number of amides is 3. The summed E-state index contributed by atoms with van der Waals surface area (Å²) >= 11 is 3.22. The lowest BCUT2D eigenvalue weighted by Gasteiger charge is -2.16. The first-order valence-corrected chi connectivity index (χ1v) is 8.90. The zero-order chi connectivity index (χ0) is 14.7. The van der Waals surface area contributed by atoms with E-state index in [4.69, 9.17) is 0 Å². The SMILES string of the molecule is O=C(CCCCC1SCC2NC(=O)NC21)Nc1nncs1. The third-order valence-electron chi connectivity index (χ3n) is 3.69. The maximum absolute atomic E-state index is 11.7. The molecule has 2 aliphatic rings. The second-order valence-electron chi connectivity index (χ2n) is 5.16. The third-order valence-corrected chi connectivity index (χ3v) is 5.80. The highest BCUT2D eigenvalue weighted by molar-refractivity contribution is 8.00. The van der Waals surface area contributed by atoms with Crippen molar-refractivity contribution in [2.75, 3.05) is 11.1 Å². The summed E-state index contributed by atoms with van der Waals surface area (Å²) in [5.41, 5.74) is 1.59. The van der Waals surface area contributed by atoms with E-state index < -0.39 is 0 Å². The highest BCUT2D eigenvalue weighted by atomic mass is 32.2. The highest BCUT2D eigenvalue weighted by Gasteiger charge is 2.42. The van der Waals surface area contributed by atoms with E-state index in [0.717, 1.165) is 25.0 Å². The predicted molar refractivity (Wildman–Crippen MR) is 82.5 cm³/mol. The Morgan fingerprint density at radius 2 is 2.33 bits per heavy atom. The van der Waals surface area contributed by atoms with Gasteiger partial charge in [0.05, 0.1) is 12.1 Å². The fourth-order valence-corrected chi connectivity index (χ4v) is 4.69. The molecule has 114 valence electrons. The van der Waals surface area contributed by atoms with E-state index in [1.54, 1.807) is 5.51 Å². The first kappa shape index (κ1) is 14.6. The molecule has 21 heavy (non-hydrogen) atoms. The molecule has 2 fully saturated rings. The summed E-state index contributed by atoms with van der Waals surface area (Å²) in [6.07, 6.45) is 3.36. The van der Waals surface area contributed by atoms with Crippen molar-refractivity contribution in [3.05, 3.63) is 5.51 Å². The number of hydrogen-bond donors (Lipinski definition) is 3. The zero-order valence-corrected chi connectivity index (χ0v) is 13.0. The molecule has 0 aromatic carbocycles. The molecule has 1 aromatic heterocycles. The van der Waals surface area contributed by atoms with Crippen LogP contribution >= 0.6 is 23.1 Å². The second-order valence-corrected chi connectivity index (χ2v) is 7.27. The summed E-state index contributed by atoms with van der Waals surface area (Å²) < 4.78 is 0. The molecule has 3 rings (SSSR count). The summed E-state index contributed by atoms with van der Waals surface area (Å²) in [6.45, 7) is 0. The van der Waals surface area contributed by atoms with Crippen molar-refractivity contribution in [3.63, 3.8) is 0 Å². The molecule has 1 aromatic rings. The van der Waals surface area contributed by atoms with E-state index in [-0.39, 0.29) is 24.0 Å². The van der Waals surface area contributed by atoms with E-state index in [9.17, 15) is 9.59 Å². The maximum atomic E-state index is 11.7. The predicted octanol–water partition coefficient (Wildman–Crippen LogP) is 1.20. The molecular formula is C12H17N5O2S2. The Morgan fingerprint density at radius 1 is 1.43 bits per heavy atom. The van der Waals surface area contributed by atoms with Crippen molar-refractivity contribution in [3.8, 4) is 0 Å². The number of unbranched alkanes of at least 4 members (excludes halogenated alkanes) is 1. The van der Waals surface area contributed by atoms with Gasteiger partial charge in [0.1, 0.15) is 5.51 Å². The fraction of sp³-hybridized carbons (Fsp3) is 0.667. The van der Waals surface area contributed by atoms with Crippen LogP contribution in [-0.2, 0) is 4.79 Å². The molecule has 0 aliphatic carbocycles. The van der Waals surface area contributed by atoms with Gasteiger partial charge in [0.25, 0.3) is 0 Å². The smallest absolute Gasteiger partial charge is 0.315 e. The molecule has 0 saturated carbocycles. The molecule has 3 amide bonds. The Kier molecular flexibility index (Phi) is 4.59. The third kappa shape index (κ3) is 3.65. The summed E-state index contributed by atoms with van der Waals surface area (Å²) in [5.74, 6) is 0.963. The van der Waals surface area contributed by atoms with E-state index >= 15 is 0 Å². The number of fused-ring (bicyclic) bond motifs is 1. The van der Waals surface area contributed by atoms with Crippen LogP contribution < -0.4 is 16.0 Å². The van der Waals surface area contributed by atoms with Gasteiger partial charge < -0.3 is 16.0 Å². The lowest BCUT2D eigenvalue weighted by Crippen LogP contribution is -2.36. The van der Waals surface area contributed by atoms with Crippen LogP contribution in [0, 0.1) is 0 Å². The number of nitrogens with one attached hydrogen (secondary N) is 3. The topological polar surface area (TPSA) is 96.0 Å². The largest absolute Gasteiger partial charge is 0.332 e. The van der Waals surface area contributed by atoms with E-state index in [0.29, 0.717) is 16.8 Å². The van der Waals surface area contributed by atoms with Gasteiger partial charge in [-0.1, -0.05) is 17.8 Å². The summed E-state index contributed by atoms with van der Waals surface area (Å²) in [4.78, 5) is 23.0. The first-order chi connectivity index (χ1) is 10.2. The quantitative estimate of drug-likeness (QED) is 0.539. The van der Waals surface area contributed by atoms with Crippen molar-refractivity contribution in [2.45, 2.75) is 43.0 Å². The lowest BCUT2D eigenvalue weighted by atomic mass is 10.0. The van der Waals surface area contributed by atoms with Gasteiger partial charge in [-0.05, 0) is 12.8 Å². The maximum Gasteiger partial charge on any atom is 0.315 e. The number of aromatic nitrogens is 2. The molecule has 0 bridgehead atoms. The standard InChI is InChI=1S/C12H17N5O2S2/c18-9(15-12-17-13-6-21-12)4-2-1-3-8-10-7(5-20-8)14-11(19)16-10/h6-8,10H,1-5H2,(H2,14,16,19)(H,15,17,18). The van der Waals surface area contributed by atoms with E-state index in [1.165, 1.54) is 11.3 Å². The lowest BCUT2D eigenvalue weighted by molar-refractivity contribution is -0.116. The normalized spacial score (nSPS) is 27.0. The van der Waals surface area contributed by atoms with Crippen LogP contribution in [-0.4, -0.2) is 45.2 Å². The minimum Gasteiger partial charge on any atom is -0.332 e. The Balaban J connectivity index is 1.33. The van der Waals surface area contributed by atoms with Gasteiger partial charge in [-0.25, -0.2) is 4.79 Å². The minimum atomic E-state index is -0.0493. The Labute approximate surface area is 130 Å². The van der Waals surface area contributed by atoms with Crippen LogP contribution in [0.5, 0.6) is 0 Å². The molecular weight excluding hydrogens is 310 g/mol. The number of hydrogen-bond acceptors (Lipinski definition) is 6. The molecule has 0 radical (unpaired) electrons. The number of anilines is 1. The van der Waals surface area contributed by atoms with Gasteiger partial charge in [-0.3, -0.25) is 4.79 Å². The molecule has 2 saturated heterocycles. The van der Waals surface area contributed by atoms with Gasteiger partial charge >= 0.3 is 6.03 Å². The number of nitrogens with zero attached hydrogens (tertiary/aromatic N) is 2. The van der Waals surface area contributed by atoms with Crippen molar-refractivity contribution in [2.24, 2.45) is 0 Å². The summed E-state index contributed by atoms with van der Waals surface area (Å²) in [7, 11) is 0. The molecule has 0 spiro atoms. The van der Waals surface area contributed by atoms with Crippen molar-refractivity contribution in [1.29, 1.82) is 0 Å². The fourth-order valence-electron chi connectivity index (χ4n) is 2.68. The van der Waals surface area contributed by atoms with Crippen LogP contribution in [0.1, 0.15) is 25.7 Å². The van der Waals surface area contributed by atoms with Crippen LogP contribution in [0.25, 0.3) is 0 Å². The summed E-state index contributed by atoms with van der Waals surface area (Å²) in [5, 5.41) is 17.1. The Bertz CT molecular complexity index is 510. The zero-order valence-electron chi connectivity index (χ0n) is 11.4. The van der Waals surface area contributed by atoms with Crippen LogP contribution in [0.2, 0.25) is 0 Å². The molecule has 3 unspecified atom stereocenters. The number of carbonyl (C=O) groups excluding carboxylic acids is 2. The van der Waals surface area contributed by atoms with Crippen molar-refractivity contribution >= 4 is 40.2 Å². The average molecular weight is 327 g/mol. The average Bonchev–Trinajstić information content (AvgIpc) is 3.13. The van der Waals surface area contributed by atoms with E-state index in [2.05, 4.69) is 26.1 Å². The minimum absolute atomic E-state index is 0.0143. The summed E-state index contributed by atoms with van der Waals surface area (Å²) in [6, 6.07) is 0.470. The number of carbonyl (C=O) groups is 2. The number of rotatable bonds is 6. The molecule has 3 heterocycles. The van der Waals surface area contributed by atoms with Gasteiger partial charge in [0, 0.05) is 17.4 Å².